The van der Waals surface area contributed by atoms with Gasteiger partial charge in [-0.2, -0.15) is 0 Å². The van der Waals surface area contributed by atoms with E-state index in [1.807, 2.05) is 30.4 Å². The molecule has 5 heteroatoms. The zero-order valence-electron chi connectivity index (χ0n) is 12.8. The molecule has 1 aliphatic rings. The maximum absolute atomic E-state index is 12.4. The molecule has 2 aromatic rings. The highest BCUT2D eigenvalue weighted by atomic mass is 35.5. The van der Waals surface area contributed by atoms with Crippen LogP contribution in [0.1, 0.15) is 29.0 Å². The number of fused-ring (bicyclic) bond motifs is 1. The van der Waals surface area contributed by atoms with Crippen molar-refractivity contribution in [2.24, 2.45) is 0 Å². The highest BCUT2D eigenvalue weighted by Gasteiger charge is 2.29. The first-order valence-corrected chi connectivity index (χ1v) is 8.77. The first kappa shape index (κ1) is 15.5. The number of thiophene rings is 1. The fourth-order valence-electron chi connectivity index (χ4n) is 3.06. The van der Waals surface area contributed by atoms with E-state index in [2.05, 4.69) is 23.7 Å². The van der Waals surface area contributed by atoms with Crippen molar-refractivity contribution in [3.8, 4) is 0 Å². The molecule has 1 aliphatic heterocycles. The summed E-state index contributed by atoms with van der Waals surface area (Å²) in [5.41, 5.74) is 3.24. The predicted molar refractivity (Wildman–Crippen MR) is 92.0 cm³/mol. The number of quaternary nitrogens is 1. The van der Waals surface area contributed by atoms with Gasteiger partial charge in [-0.3, -0.25) is 4.79 Å². The Kier molecular flexibility index (Phi) is 4.52. The van der Waals surface area contributed by atoms with E-state index in [9.17, 15) is 4.79 Å². The molecular formula is C17H20ClN2OS+. The van der Waals surface area contributed by atoms with Gasteiger partial charge in [0.05, 0.1) is 6.54 Å². The van der Waals surface area contributed by atoms with E-state index in [1.54, 1.807) is 6.07 Å². The number of carbonyl (C=O) groups is 1. The highest BCUT2D eigenvalue weighted by Crippen LogP contribution is 2.24. The summed E-state index contributed by atoms with van der Waals surface area (Å²) in [6.45, 7) is 5.68. The van der Waals surface area contributed by atoms with Crippen molar-refractivity contribution in [2.75, 3.05) is 18.4 Å². The van der Waals surface area contributed by atoms with Crippen LogP contribution < -0.4 is 10.2 Å². The molecule has 1 aromatic carbocycles. The zero-order chi connectivity index (χ0) is 15.7. The quantitative estimate of drug-likeness (QED) is 0.888. The summed E-state index contributed by atoms with van der Waals surface area (Å²) in [7, 11) is 0. The van der Waals surface area contributed by atoms with Gasteiger partial charge in [-0.05, 0) is 49.1 Å². The van der Waals surface area contributed by atoms with Crippen molar-refractivity contribution >= 4 is 34.5 Å². The number of anilines is 1. The molecule has 1 unspecified atom stereocenters. The minimum Gasteiger partial charge on any atom is -0.321 e. The second kappa shape index (κ2) is 6.41. The second-order valence-electron chi connectivity index (χ2n) is 5.86. The number of benzene rings is 1. The Morgan fingerprint density at radius 2 is 2.27 bits per heavy atom. The summed E-state index contributed by atoms with van der Waals surface area (Å²) >= 11 is 7.78. The van der Waals surface area contributed by atoms with Crippen LogP contribution >= 0.6 is 22.9 Å². The summed E-state index contributed by atoms with van der Waals surface area (Å²) in [6.07, 6.45) is 1.07. The minimum atomic E-state index is 0.0611. The van der Waals surface area contributed by atoms with E-state index in [0.717, 1.165) is 24.2 Å². The van der Waals surface area contributed by atoms with Gasteiger partial charge in [0.15, 0.2) is 6.54 Å². The number of rotatable bonds is 3. The monoisotopic (exact) mass is 335 g/mol. The molecular weight excluding hydrogens is 316 g/mol. The molecule has 0 saturated carbocycles. The lowest BCUT2D eigenvalue weighted by atomic mass is 10.0. The van der Waals surface area contributed by atoms with Gasteiger partial charge in [-0.15, -0.1) is 11.3 Å². The average Bonchev–Trinajstić information content (AvgIpc) is 2.94. The first-order chi connectivity index (χ1) is 10.5. The van der Waals surface area contributed by atoms with Crippen molar-refractivity contribution in [1.29, 1.82) is 0 Å². The van der Waals surface area contributed by atoms with Crippen LogP contribution in [0.25, 0.3) is 0 Å². The lowest BCUT2D eigenvalue weighted by Crippen LogP contribution is -3.14. The highest BCUT2D eigenvalue weighted by molar-refractivity contribution is 7.10. The van der Waals surface area contributed by atoms with Crippen LogP contribution in [-0.2, 0) is 11.2 Å². The summed E-state index contributed by atoms with van der Waals surface area (Å²) in [5.74, 6) is 0.0611. The van der Waals surface area contributed by atoms with E-state index >= 15 is 0 Å². The van der Waals surface area contributed by atoms with E-state index in [-0.39, 0.29) is 5.91 Å². The Bertz CT molecular complexity index is 698. The zero-order valence-corrected chi connectivity index (χ0v) is 14.4. The average molecular weight is 336 g/mol. The minimum absolute atomic E-state index is 0.0611. The summed E-state index contributed by atoms with van der Waals surface area (Å²) < 4.78 is 0. The van der Waals surface area contributed by atoms with Gasteiger partial charge in [0.25, 0.3) is 5.91 Å². The van der Waals surface area contributed by atoms with Crippen LogP contribution in [0.4, 0.5) is 5.69 Å². The van der Waals surface area contributed by atoms with Crippen LogP contribution in [0.15, 0.2) is 29.6 Å². The molecule has 1 amide bonds. The van der Waals surface area contributed by atoms with Crippen molar-refractivity contribution < 1.29 is 9.69 Å². The first-order valence-electron chi connectivity index (χ1n) is 7.51. The maximum Gasteiger partial charge on any atom is 0.279 e. The number of hydrogen-bond donors (Lipinski definition) is 2. The fourth-order valence-corrected chi connectivity index (χ4v) is 4.27. The van der Waals surface area contributed by atoms with Crippen LogP contribution in [0, 0.1) is 6.92 Å². The van der Waals surface area contributed by atoms with Gasteiger partial charge in [0.1, 0.15) is 6.04 Å². The Labute approximate surface area is 139 Å². The topological polar surface area (TPSA) is 33.5 Å². The van der Waals surface area contributed by atoms with E-state index in [4.69, 9.17) is 11.6 Å². The molecule has 3 nitrogen and oxygen atoms in total. The van der Waals surface area contributed by atoms with Gasteiger partial charge in [-0.1, -0.05) is 11.6 Å². The Balaban J connectivity index is 1.65. The number of carbonyl (C=O) groups excluding carboxylic acids is 1. The molecule has 2 N–H and O–H groups in total. The smallest absolute Gasteiger partial charge is 0.279 e. The molecule has 0 saturated heterocycles. The SMILES string of the molecule is Cc1cc(Cl)ccc1NC(=O)C[NH+]1CCc2sccc2[C@H]1C. The maximum atomic E-state index is 12.4. The molecule has 22 heavy (non-hydrogen) atoms. The second-order valence-corrected chi connectivity index (χ2v) is 7.30. The lowest BCUT2D eigenvalue weighted by molar-refractivity contribution is -0.923. The third-order valence-corrected chi connectivity index (χ3v) is 5.61. The van der Waals surface area contributed by atoms with E-state index in [1.165, 1.54) is 15.3 Å². The number of aryl methyl sites for hydroxylation is 1. The summed E-state index contributed by atoms with van der Waals surface area (Å²) in [6, 6.07) is 8.11. The van der Waals surface area contributed by atoms with Crippen molar-refractivity contribution in [3.05, 3.63) is 50.7 Å². The van der Waals surface area contributed by atoms with Crippen LogP contribution in [0.2, 0.25) is 5.02 Å². The molecule has 0 fully saturated rings. The Morgan fingerprint density at radius 1 is 1.45 bits per heavy atom. The lowest BCUT2D eigenvalue weighted by Gasteiger charge is -2.29. The molecule has 0 spiro atoms. The summed E-state index contributed by atoms with van der Waals surface area (Å²) in [4.78, 5) is 15.2. The van der Waals surface area contributed by atoms with Gasteiger partial charge >= 0.3 is 0 Å². The van der Waals surface area contributed by atoms with Crippen molar-refractivity contribution in [3.63, 3.8) is 0 Å². The molecule has 0 bridgehead atoms. The Morgan fingerprint density at radius 3 is 3.05 bits per heavy atom. The van der Waals surface area contributed by atoms with E-state index < -0.39 is 0 Å². The fraction of sp³-hybridized carbons (Fsp3) is 0.353. The molecule has 116 valence electrons. The number of amides is 1. The third-order valence-electron chi connectivity index (χ3n) is 4.38. The molecule has 2 heterocycles. The van der Waals surface area contributed by atoms with Gasteiger partial charge in [0, 0.05) is 27.6 Å². The van der Waals surface area contributed by atoms with Gasteiger partial charge < -0.3 is 10.2 Å². The summed E-state index contributed by atoms with van der Waals surface area (Å²) in [5, 5.41) is 5.85. The van der Waals surface area contributed by atoms with E-state index in [0.29, 0.717) is 17.6 Å². The third kappa shape index (κ3) is 3.19. The molecule has 3 rings (SSSR count). The van der Waals surface area contributed by atoms with Crippen molar-refractivity contribution in [2.45, 2.75) is 26.3 Å². The Hall–Kier alpha value is -1.36. The van der Waals surface area contributed by atoms with Gasteiger partial charge in [-0.25, -0.2) is 0 Å². The van der Waals surface area contributed by atoms with Gasteiger partial charge in [0.2, 0.25) is 0 Å². The van der Waals surface area contributed by atoms with Crippen LogP contribution in [-0.4, -0.2) is 19.0 Å². The number of hydrogen-bond acceptors (Lipinski definition) is 2. The number of halogens is 1. The van der Waals surface area contributed by atoms with Crippen LogP contribution in [0.3, 0.4) is 0 Å². The standard InChI is InChI=1S/C17H19ClN2OS/c1-11-9-13(18)3-4-15(11)19-17(21)10-20-7-5-16-14(12(20)2)6-8-22-16/h3-4,6,8-9,12H,5,7,10H2,1-2H3,(H,19,21)/p+1/t12-/m1/s1. The largest absolute Gasteiger partial charge is 0.321 e. The molecule has 1 aromatic heterocycles. The normalized spacial score (nSPS) is 20.5. The van der Waals surface area contributed by atoms with Crippen molar-refractivity contribution in [1.82, 2.24) is 0 Å². The molecule has 0 radical (unpaired) electrons. The predicted octanol–water partition coefficient (Wildman–Crippen LogP) is 2.85. The molecule has 0 aliphatic carbocycles. The van der Waals surface area contributed by atoms with Crippen LogP contribution in [0.5, 0.6) is 0 Å². The number of nitrogens with one attached hydrogen (secondary N) is 2. The molecule has 2 atom stereocenters.